The SMILES string of the molecule is Cc1ccc(C)c(N2CCC(N(C)CCO)C2)c1. The van der Waals surface area contributed by atoms with Crippen molar-refractivity contribution in [1.82, 2.24) is 4.90 Å². The van der Waals surface area contributed by atoms with Crippen molar-refractivity contribution in [3.63, 3.8) is 0 Å². The molecule has 100 valence electrons. The zero-order valence-corrected chi connectivity index (χ0v) is 11.7. The molecule has 1 fully saturated rings. The second-order valence-electron chi connectivity index (χ2n) is 5.38. The number of nitrogens with zero attached hydrogens (tertiary/aromatic N) is 2. The van der Waals surface area contributed by atoms with E-state index in [2.05, 4.69) is 48.9 Å². The van der Waals surface area contributed by atoms with Crippen molar-refractivity contribution in [3.8, 4) is 0 Å². The van der Waals surface area contributed by atoms with E-state index in [-0.39, 0.29) is 6.61 Å². The summed E-state index contributed by atoms with van der Waals surface area (Å²) in [5, 5.41) is 9.01. The molecule has 0 amide bonds. The standard InChI is InChI=1S/C15H24N2O/c1-12-4-5-13(2)15(10-12)17-7-6-14(11-17)16(3)8-9-18/h4-5,10,14,18H,6-9,11H2,1-3H3. The lowest BCUT2D eigenvalue weighted by molar-refractivity contribution is 0.188. The quantitative estimate of drug-likeness (QED) is 0.880. The van der Waals surface area contributed by atoms with Crippen LogP contribution in [0.1, 0.15) is 17.5 Å². The van der Waals surface area contributed by atoms with Crippen molar-refractivity contribution in [2.45, 2.75) is 26.3 Å². The fourth-order valence-electron chi connectivity index (χ4n) is 2.72. The van der Waals surface area contributed by atoms with E-state index in [0.29, 0.717) is 6.04 Å². The van der Waals surface area contributed by atoms with Gasteiger partial charge in [-0.05, 0) is 44.5 Å². The van der Waals surface area contributed by atoms with E-state index in [9.17, 15) is 0 Å². The Hall–Kier alpha value is -1.06. The molecule has 0 aliphatic carbocycles. The van der Waals surface area contributed by atoms with Gasteiger partial charge in [-0.25, -0.2) is 0 Å². The second kappa shape index (κ2) is 5.72. The van der Waals surface area contributed by atoms with Crippen molar-refractivity contribution in [3.05, 3.63) is 29.3 Å². The highest BCUT2D eigenvalue weighted by Crippen LogP contribution is 2.26. The average molecular weight is 248 g/mol. The van der Waals surface area contributed by atoms with Gasteiger partial charge in [0.15, 0.2) is 0 Å². The number of hydrogen-bond acceptors (Lipinski definition) is 3. The third kappa shape index (κ3) is 2.85. The number of aliphatic hydroxyl groups excluding tert-OH is 1. The molecule has 2 rings (SSSR count). The van der Waals surface area contributed by atoms with Gasteiger partial charge in [-0.15, -0.1) is 0 Å². The summed E-state index contributed by atoms with van der Waals surface area (Å²) in [5.41, 5.74) is 4.05. The van der Waals surface area contributed by atoms with Crippen LogP contribution in [-0.4, -0.2) is 49.3 Å². The first-order valence-corrected chi connectivity index (χ1v) is 6.75. The van der Waals surface area contributed by atoms with Gasteiger partial charge in [0, 0.05) is 31.4 Å². The van der Waals surface area contributed by atoms with E-state index >= 15 is 0 Å². The van der Waals surface area contributed by atoms with Crippen molar-refractivity contribution in [2.75, 3.05) is 38.2 Å². The normalized spacial score (nSPS) is 19.8. The molecule has 3 nitrogen and oxygen atoms in total. The fourth-order valence-corrected chi connectivity index (χ4v) is 2.72. The molecule has 0 aromatic heterocycles. The number of likely N-dealkylation sites (N-methyl/N-ethyl adjacent to an activating group) is 1. The van der Waals surface area contributed by atoms with Crippen molar-refractivity contribution < 1.29 is 5.11 Å². The molecule has 1 atom stereocenters. The summed E-state index contributed by atoms with van der Waals surface area (Å²) < 4.78 is 0. The average Bonchev–Trinajstić information content (AvgIpc) is 2.82. The fraction of sp³-hybridized carbons (Fsp3) is 0.600. The second-order valence-corrected chi connectivity index (χ2v) is 5.38. The summed E-state index contributed by atoms with van der Waals surface area (Å²) in [7, 11) is 2.10. The largest absolute Gasteiger partial charge is 0.395 e. The minimum absolute atomic E-state index is 0.247. The van der Waals surface area contributed by atoms with Gasteiger partial charge in [0.1, 0.15) is 0 Å². The minimum Gasteiger partial charge on any atom is -0.395 e. The Morgan fingerprint density at radius 3 is 2.89 bits per heavy atom. The van der Waals surface area contributed by atoms with E-state index in [1.165, 1.54) is 23.2 Å². The topological polar surface area (TPSA) is 26.7 Å². The summed E-state index contributed by atoms with van der Waals surface area (Å²) >= 11 is 0. The van der Waals surface area contributed by atoms with Gasteiger partial charge < -0.3 is 10.0 Å². The summed E-state index contributed by atoms with van der Waals surface area (Å²) in [6, 6.07) is 7.22. The highest BCUT2D eigenvalue weighted by molar-refractivity contribution is 5.55. The van der Waals surface area contributed by atoms with Gasteiger partial charge >= 0.3 is 0 Å². The molecule has 18 heavy (non-hydrogen) atoms. The van der Waals surface area contributed by atoms with Crippen LogP contribution in [0.3, 0.4) is 0 Å². The molecule has 0 radical (unpaired) electrons. The Morgan fingerprint density at radius 1 is 1.39 bits per heavy atom. The molecule has 1 aromatic carbocycles. The number of hydrogen-bond donors (Lipinski definition) is 1. The van der Waals surface area contributed by atoms with Crippen LogP contribution in [0.4, 0.5) is 5.69 Å². The molecule has 1 aliphatic heterocycles. The van der Waals surface area contributed by atoms with Gasteiger partial charge in [-0.2, -0.15) is 0 Å². The van der Waals surface area contributed by atoms with Gasteiger partial charge in [0.2, 0.25) is 0 Å². The van der Waals surface area contributed by atoms with Gasteiger partial charge in [-0.3, -0.25) is 4.90 Å². The number of anilines is 1. The Balaban J connectivity index is 2.06. The Morgan fingerprint density at radius 2 is 2.17 bits per heavy atom. The summed E-state index contributed by atoms with van der Waals surface area (Å²) in [6.45, 7) is 7.53. The molecule has 0 spiro atoms. The molecule has 0 bridgehead atoms. The molecule has 3 heteroatoms. The first kappa shape index (κ1) is 13.4. The lowest BCUT2D eigenvalue weighted by Crippen LogP contribution is -2.36. The summed E-state index contributed by atoms with van der Waals surface area (Å²) in [4.78, 5) is 4.74. The Labute approximate surface area is 110 Å². The van der Waals surface area contributed by atoms with E-state index in [4.69, 9.17) is 5.11 Å². The zero-order chi connectivity index (χ0) is 13.1. The summed E-state index contributed by atoms with van der Waals surface area (Å²) in [6.07, 6.45) is 1.18. The van der Waals surface area contributed by atoms with Crippen LogP contribution in [0.15, 0.2) is 18.2 Å². The first-order chi connectivity index (χ1) is 8.61. The lowest BCUT2D eigenvalue weighted by Gasteiger charge is -2.25. The molecule has 0 saturated carbocycles. The van der Waals surface area contributed by atoms with Crippen LogP contribution in [0, 0.1) is 13.8 Å². The van der Waals surface area contributed by atoms with Crippen molar-refractivity contribution in [2.24, 2.45) is 0 Å². The third-order valence-electron chi connectivity index (χ3n) is 3.94. The van der Waals surface area contributed by atoms with Gasteiger partial charge in [0.25, 0.3) is 0 Å². The van der Waals surface area contributed by atoms with E-state index in [1.807, 2.05) is 0 Å². The monoisotopic (exact) mass is 248 g/mol. The lowest BCUT2D eigenvalue weighted by atomic mass is 10.1. The number of aliphatic hydroxyl groups is 1. The van der Waals surface area contributed by atoms with Crippen LogP contribution >= 0.6 is 0 Å². The maximum atomic E-state index is 9.01. The summed E-state index contributed by atoms with van der Waals surface area (Å²) in [5.74, 6) is 0. The van der Waals surface area contributed by atoms with E-state index in [0.717, 1.165) is 19.6 Å². The first-order valence-electron chi connectivity index (χ1n) is 6.75. The zero-order valence-electron chi connectivity index (χ0n) is 11.7. The third-order valence-corrected chi connectivity index (χ3v) is 3.94. The van der Waals surface area contributed by atoms with Crippen LogP contribution in [0.2, 0.25) is 0 Å². The van der Waals surface area contributed by atoms with Crippen LogP contribution < -0.4 is 4.90 Å². The molecule has 1 heterocycles. The minimum atomic E-state index is 0.247. The molecular formula is C15H24N2O. The van der Waals surface area contributed by atoms with Crippen LogP contribution in [0.25, 0.3) is 0 Å². The van der Waals surface area contributed by atoms with Crippen molar-refractivity contribution in [1.29, 1.82) is 0 Å². The number of benzene rings is 1. The molecular weight excluding hydrogens is 224 g/mol. The van der Waals surface area contributed by atoms with Crippen LogP contribution in [0.5, 0.6) is 0 Å². The van der Waals surface area contributed by atoms with Crippen molar-refractivity contribution >= 4 is 5.69 Å². The smallest absolute Gasteiger partial charge is 0.0558 e. The predicted octanol–water partition coefficient (Wildman–Crippen LogP) is 1.81. The Bertz CT molecular complexity index is 405. The molecule has 1 N–H and O–H groups in total. The predicted molar refractivity (Wildman–Crippen MR) is 76.2 cm³/mol. The molecule has 1 unspecified atom stereocenters. The van der Waals surface area contributed by atoms with E-state index in [1.54, 1.807) is 0 Å². The van der Waals surface area contributed by atoms with Gasteiger partial charge in [-0.1, -0.05) is 12.1 Å². The molecule has 1 saturated heterocycles. The van der Waals surface area contributed by atoms with Gasteiger partial charge in [0.05, 0.1) is 6.61 Å². The number of rotatable bonds is 4. The maximum Gasteiger partial charge on any atom is 0.0558 e. The molecule has 1 aromatic rings. The highest BCUT2D eigenvalue weighted by Gasteiger charge is 2.26. The Kier molecular flexibility index (Phi) is 4.25. The molecule has 1 aliphatic rings. The van der Waals surface area contributed by atoms with Crippen LogP contribution in [-0.2, 0) is 0 Å². The number of aryl methyl sites for hydroxylation is 2. The highest BCUT2D eigenvalue weighted by atomic mass is 16.3. The van der Waals surface area contributed by atoms with E-state index < -0.39 is 0 Å². The maximum absolute atomic E-state index is 9.01.